The first kappa shape index (κ1) is 13.4. The first-order valence-corrected chi connectivity index (χ1v) is 5.72. The molecular formula is C13H20N2O2. The summed E-state index contributed by atoms with van der Waals surface area (Å²) in [5.41, 5.74) is 0.413. The maximum absolute atomic E-state index is 12.0. The fourth-order valence-electron chi connectivity index (χ4n) is 1.49. The summed E-state index contributed by atoms with van der Waals surface area (Å²) in [5, 5.41) is 12.3. The molecule has 4 nitrogen and oxygen atoms in total. The van der Waals surface area contributed by atoms with Crippen LogP contribution in [0.1, 0.15) is 27.7 Å². The number of hydrogen-bond donors (Lipinski definition) is 2. The third-order valence-electron chi connectivity index (χ3n) is 2.18. The van der Waals surface area contributed by atoms with E-state index in [4.69, 9.17) is 0 Å². The van der Waals surface area contributed by atoms with Crippen LogP contribution in [0.4, 0.5) is 10.5 Å². The molecule has 0 bridgehead atoms. The van der Waals surface area contributed by atoms with Crippen molar-refractivity contribution < 1.29 is 9.90 Å². The van der Waals surface area contributed by atoms with Gasteiger partial charge in [0.2, 0.25) is 0 Å². The predicted octanol–water partition coefficient (Wildman–Crippen LogP) is 2.73. The van der Waals surface area contributed by atoms with E-state index in [9.17, 15) is 9.90 Å². The Morgan fingerprint density at radius 1 is 1.41 bits per heavy atom. The normalized spacial score (nSPS) is 11.1. The second kappa shape index (κ2) is 5.08. The molecule has 0 saturated carbocycles. The number of carbonyl (C=O) groups is 1. The van der Waals surface area contributed by atoms with Gasteiger partial charge < -0.3 is 10.4 Å². The molecule has 0 saturated heterocycles. The Kier molecular flexibility index (Phi) is 3.99. The molecule has 1 aromatic carbocycles. The third kappa shape index (κ3) is 3.98. The Bertz CT molecular complexity index is 397. The van der Waals surface area contributed by atoms with Crippen LogP contribution in [-0.2, 0) is 0 Å². The lowest BCUT2D eigenvalue weighted by atomic mass is 10.1. The number of nitrogens with one attached hydrogen (secondary N) is 1. The van der Waals surface area contributed by atoms with Crippen molar-refractivity contribution in [3.8, 4) is 5.75 Å². The number of aromatic hydroxyl groups is 1. The van der Waals surface area contributed by atoms with E-state index in [1.165, 1.54) is 0 Å². The maximum atomic E-state index is 12.0. The Morgan fingerprint density at radius 3 is 2.53 bits per heavy atom. The van der Waals surface area contributed by atoms with E-state index >= 15 is 0 Å². The summed E-state index contributed by atoms with van der Waals surface area (Å²) < 4.78 is 0. The number of phenols is 1. The van der Waals surface area contributed by atoms with Crippen LogP contribution >= 0.6 is 0 Å². The molecule has 0 atom stereocenters. The Morgan fingerprint density at radius 2 is 2.06 bits per heavy atom. The number of carbonyl (C=O) groups excluding carboxylic acids is 1. The van der Waals surface area contributed by atoms with E-state index in [1.54, 1.807) is 29.2 Å². The van der Waals surface area contributed by atoms with Crippen molar-refractivity contribution in [2.45, 2.75) is 33.2 Å². The van der Waals surface area contributed by atoms with Crippen molar-refractivity contribution in [2.75, 3.05) is 11.4 Å². The van der Waals surface area contributed by atoms with Gasteiger partial charge >= 0.3 is 6.03 Å². The second-order valence-corrected chi connectivity index (χ2v) is 4.94. The SMILES string of the molecule is CCN(C(=O)NC(C)(C)C)c1cccc(O)c1. The molecule has 0 aliphatic heterocycles. The molecule has 0 aromatic heterocycles. The summed E-state index contributed by atoms with van der Waals surface area (Å²) in [5.74, 6) is 0.157. The van der Waals surface area contributed by atoms with Crippen LogP contribution in [0.3, 0.4) is 0 Å². The monoisotopic (exact) mass is 236 g/mol. The van der Waals surface area contributed by atoms with Crippen LogP contribution in [0.2, 0.25) is 0 Å². The minimum atomic E-state index is -0.276. The lowest BCUT2D eigenvalue weighted by Gasteiger charge is -2.27. The first-order chi connectivity index (χ1) is 7.83. The number of hydrogen-bond acceptors (Lipinski definition) is 2. The van der Waals surface area contributed by atoms with E-state index in [0.717, 1.165) is 0 Å². The molecule has 17 heavy (non-hydrogen) atoms. The highest BCUT2D eigenvalue weighted by atomic mass is 16.3. The number of amides is 2. The lowest BCUT2D eigenvalue weighted by molar-refractivity contribution is 0.238. The Labute approximate surface area is 102 Å². The standard InChI is InChI=1S/C13H20N2O2/c1-5-15(12(17)14-13(2,3)4)10-7-6-8-11(16)9-10/h6-9,16H,5H2,1-4H3,(H,14,17). The van der Waals surface area contributed by atoms with Crippen LogP contribution in [-0.4, -0.2) is 23.2 Å². The summed E-state index contributed by atoms with van der Waals surface area (Å²) in [6.07, 6.45) is 0. The maximum Gasteiger partial charge on any atom is 0.322 e. The van der Waals surface area contributed by atoms with Crippen LogP contribution in [0.5, 0.6) is 5.75 Å². The molecule has 0 unspecified atom stereocenters. The summed E-state index contributed by atoms with van der Waals surface area (Å²) in [7, 11) is 0. The minimum absolute atomic E-state index is 0.157. The zero-order valence-electron chi connectivity index (χ0n) is 10.8. The molecule has 0 aliphatic rings. The van der Waals surface area contributed by atoms with Crippen molar-refractivity contribution in [2.24, 2.45) is 0 Å². The van der Waals surface area contributed by atoms with Gasteiger partial charge in [-0.15, -0.1) is 0 Å². The van der Waals surface area contributed by atoms with Crippen molar-refractivity contribution in [3.63, 3.8) is 0 Å². The van der Waals surface area contributed by atoms with Gasteiger partial charge in [0.25, 0.3) is 0 Å². The van der Waals surface area contributed by atoms with E-state index in [2.05, 4.69) is 5.32 Å². The van der Waals surface area contributed by atoms with E-state index in [0.29, 0.717) is 12.2 Å². The number of phenolic OH excluding ortho intramolecular Hbond substituents is 1. The molecule has 1 aromatic rings. The second-order valence-electron chi connectivity index (χ2n) is 4.94. The summed E-state index contributed by atoms with van der Waals surface area (Å²) in [4.78, 5) is 13.6. The van der Waals surface area contributed by atoms with Crippen LogP contribution < -0.4 is 10.2 Å². The highest BCUT2D eigenvalue weighted by molar-refractivity contribution is 5.92. The molecule has 1 rings (SSSR count). The highest BCUT2D eigenvalue weighted by Gasteiger charge is 2.19. The topological polar surface area (TPSA) is 52.6 Å². The van der Waals surface area contributed by atoms with Crippen molar-refractivity contribution in [3.05, 3.63) is 24.3 Å². The smallest absolute Gasteiger partial charge is 0.322 e. The molecule has 0 radical (unpaired) electrons. The van der Waals surface area contributed by atoms with Crippen LogP contribution in [0.25, 0.3) is 0 Å². The van der Waals surface area contributed by atoms with Crippen molar-refractivity contribution >= 4 is 11.7 Å². The van der Waals surface area contributed by atoms with Gasteiger partial charge in [0.15, 0.2) is 0 Å². The van der Waals surface area contributed by atoms with Gasteiger partial charge in [-0.1, -0.05) is 6.07 Å². The fourth-order valence-corrected chi connectivity index (χ4v) is 1.49. The minimum Gasteiger partial charge on any atom is -0.508 e. The number of nitrogens with zero attached hydrogens (tertiary/aromatic N) is 1. The highest BCUT2D eigenvalue weighted by Crippen LogP contribution is 2.20. The zero-order chi connectivity index (χ0) is 13.1. The summed E-state index contributed by atoms with van der Waals surface area (Å²) in [6.45, 7) is 8.24. The number of benzene rings is 1. The average Bonchev–Trinajstić information content (AvgIpc) is 2.15. The molecule has 2 N–H and O–H groups in total. The van der Waals surface area contributed by atoms with E-state index in [1.807, 2.05) is 27.7 Å². The van der Waals surface area contributed by atoms with Gasteiger partial charge in [0.1, 0.15) is 5.75 Å². The number of urea groups is 1. The Hall–Kier alpha value is -1.71. The largest absolute Gasteiger partial charge is 0.508 e. The molecule has 94 valence electrons. The molecular weight excluding hydrogens is 216 g/mol. The Balaban J connectivity index is 2.88. The van der Waals surface area contributed by atoms with Crippen LogP contribution in [0.15, 0.2) is 24.3 Å². The third-order valence-corrected chi connectivity index (χ3v) is 2.18. The fraction of sp³-hybridized carbons (Fsp3) is 0.462. The lowest BCUT2D eigenvalue weighted by Crippen LogP contribution is -2.48. The van der Waals surface area contributed by atoms with Gasteiger partial charge in [-0.2, -0.15) is 0 Å². The predicted molar refractivity (Wildman–Crippen MR) is 69.4 cm³/mol. The average molecular weight is 236 g/mol. The molecule has 2 amide bonds. The molecule has 0 fully saturated rings. The number of rotatable bonds is 2. The van der Waals surface area contributed by atoms with Gasteiger partial charge in [-0.3, -0.25) is 4.90 Å². The quantitative estimate of drug-likeness (QED) is 0.829. The number of anilines is 1. The van der Waals surface area contributed by atoms with Crippen molar-refractivity contribution in [1.82, 2.24) is 5.32 Å². The van der Waals surface area contributed by atoms with Gasteiger partial charge in [-0.25, -0.2) is 4.79 Å². The molecule has 0 spiro atoms. The van der Waals surface area contributed by atoms with Gasteiger partial charge in [0, 0.05) is 23.8 Å². The molecule has 0 aliphatic carbocycles. The van der Waals surface area contributed by atoms with Gasteiger partial charge in [0.05, 0.1) is 0 Å². The van der Waals surface area contributed by atoms with Crippen LogP contribution in [0, 0.1) is 0 Å². The van der Waals surface area contributed by atoms with Crippen molar-refractivity contribution in [1.29, 1.82) is 0 Å². The summed E-state index contributed by atoms with van der Waals surface area (Å²) >= 11 is 0. The molecule has 4 heteroatoms. The first-order valence-electron chi connectivity index (χ1n) is 5.72. The summed E-state index contributed by atoms with van der Waals surface area (Å²) in [6, 6.07) is 6.51. The van der Waals surface area contributed by atoms with Gasteiger partial charge in [-0.05, 0) is 39.8 Å². The van der Waals surface area contributed by atoms with E-state index in [-0.39, 0.29) is 17.3 Å². The van der Waals surface area contributed by atoms with E-state index < -0.39 is 0 Å². The zero-order valence-corrected chi connectivity index (χ0v) is 10.8. The molecule has 0 heterocycles.